The first-order valence-electron chi connectivity index (χ1n) is 4.38. The second-order valence-corrected chi connectivity index (χ2v) is 3.17. The molecule has 0 bridgehead atoms. The van der Waals surface area contributed by atoms with Crippen molar-refractivity contribution >= 4 is 11.8 Å². The van der Waals surface area contributed by atoms with E-state index in [4.69, 9.17) is 5.73 Å². The number of nitrogens with zero attached hydrogens (tertiary/aromatic N) is 2. The van der Waals surface area contributed by atoms with Gasteiger partial charge in [0.15, 0.2) is 0 Å². The Morgan fingerprint density at radius 2 is 2.50 bits per heavy atom. The van der Waals surface area contributed by atoms with E-state index in [1.807, 2.05) is 4.57 Å². The van der Waals surface area contributed by atoms with Gasteiger partial charge in [0.25, 0.3) is 0 Å². The van der Waals surface area contributed by atoms with Gasteiger partial charge >= 0.3 is 0 Å². The largest absolute Gasteiger partial charge is 0.384 e. The third-order valence-corrected chi connectivity index (χ3v) is 2.11. The molecule has 1 aromatic heterocycles. The molecule has 3 N–H and O–H groups in total. The van der Waals surface area contributed by atoms with Crippen LogP contribution in [0.5, 0.6) is 0 Å². The zero-order valence-corrected chi connectivity index (χ0v) is 7.25. The van der Waals surface area contributed by atoms with Crippen LogP contribution in [0.25, 0.3) is 0 Å². The van der Waals surface area contributed by atoms with Gasteiger partial charge in [-0.25, -0.2) is 4.98 Å². The number of nitrogens with two attached hydrogens (primary N) is 1. The molecule has 1 aliphatic carbocycles. The summed E-state index contributed by atoms with van der Waals surface area (Å²) in [4.78, 5) is 4.19. The molecule has 0 saturated heterocycles. The van der Waals surface area contributed by atoms with Gasteiger partial charge in [-0.05, 0) is 19.8 Å². The lowest BCUT2D eigenvalue weighted by Crippen LogP contribution is -2.09. The predicted octanol–water partition coefficient (Wildman–Crippen LogP) is 1.06. The quantitative estimate of drug-likeness (QED) is 0.706. The van der Waals surface area contributed by atoms with Gasteiger partial charge in [-0.2, -0.15) is 0 Å². The van der Waals surface area contributed by atoms with Crippen molar-refractivity contribution in [3.05, 3.63) is 6.20 Å². The average molecular weight is 166 g/mol. The van der Waals surface area contributed by atoms with Gasteiger partial charge in [-0.3, -0.25) is 4.57 Å². The Labute approximate surface area is 71.8 Å². The molecule has 0 spiro atoms. The Balaban J connectivity index is 2.16. The number of hydrogen-bond donors (Lipinski definition) is 2. The summed E-state index contributed by atoms with van der Waals surface area (Å²) in [6.45, 7) is 2.94. The Kier molecular flexibility index (Phi) is 1.67. The fourth-order valence-electron chi connectivity index (χ4n) is 1.25. The molecule has 12 heavy (non-hydrogen) atoms. The lowest BCUT2D eigenvalue weighted by atomic mass is 10.6. The van der Waals surface area contributed by atoms with Crippen LogP contribution in [-0.2, 0) is 6.54 Å². The number of nitrogen functional groups attached to an aromatic ring is 1. The highest BCUT2D eigenvalue weighted by Gasteiger charge is 2.22. The monoisotopic (exact) mass is 166 g/mol. The van der Waals surface area contributed by atoms with Crippen molar-refractivity contribution in [2.75, 3.05) is 11.1 Å². The topological polar surface area (TPSA) is 55.9 Å². The van der Waals surface area contributed by atoms with Crippen LogP contribution < -0.4 is 11.1 Å². The van der Waals surface area contributed by atoms with Gasteiger partial charge in [-0.15, -0.1) is 0 Å². The number of hydrogen-bond acceptors (Lipinski definition) is 3. The summed E-state index contributed by atoms with van der Waals surface area (Å²) in [5.41, 5.74) is 5.71. The minimum Gasteiger partial charge on any atom is -0.384 e. The molecule has 0 atom stereocenters. The van der Waals surface area contributed by atoms with Crippen molar-refractivity contribution < 1.29 is 0 Å². The van der Waals surface area contributed by atoms with Crippen LogP contribution in [0.1, 0.15) is 19.8 Å². The second-order valence-electron chi connectivity index (χ2n) is 3.17. The molecule has 1 aromatic rings. The van der Waals surface area contributed by atoms with E-state index < -0.39 is 0 Å². The van der Waals surface area contributed by atoms with Gasteiger partial charge in [0.05, 0.1) is 6.20 Å². The Morgan fingerprint density at radius 1 is 1.75 bits per heavy atom. The normalized spacial score (nSPS) is 16.4. The smallest absolute Gasteiger partial charge is 0.204 e. The van der Waals surface area contributed by atoms with Crippen LogP contribution in [0, 0.1) is 0 Å². The maximum absolute atomic E-state index is 5.71. The van der Waals surface area contributed by atoms with E-state index in [1.165, 1.54) is 12.8 Å². The van der Waals surface area contributed by atoms with Gasteiger partial charge in [-0.1, -0.05) is 0 Å². The third kappa shape index (κ3) is 1.24. The summed E-state index contributed by atoms with van der Waals surface area (Å²) in [6, 6.07) is 0.636. The number of nitrogens with one attached hydrogen (secondary N) is 1. The fraction of sp³-hybridized carbons (Fsp3) is 0.625. The Bertz CT molecular complexity index is 275. The first kappa shape index (κ1) is 7.46. The molecule has 0 radical (unpaired) electrons. The van der Waals surface area contributed by atoms with E-state index in [0.717, 1.165) is 18.3 Å². The molecule has 0 aliphatic heterocycles. The van der Waals surface area contributed by atoms with E-state index in [-0.39, 0.29) is 0 Å². The summed E-state index contributed by atoms with van der Waals surface area (Å²) in [7, 11) is 0. The average Bonchev–Trinajstić information content (AvgIpc) is 2.78. The second kappa shape index (κ2) is 2.69. The molecule has 2 rings (SSSR count). The number of anilines is 2. The first-order chi connectivity index (χ1) is 5.81. The van der Waals surface area contributed by atoms with E-state index in [9.17, 15) is 0 Å². The van der Waals surface area contributed by atoms with Crippen molar-refractivity contribution in [2.24, 2.45) is 0 Å². The minimum absolute atomic E-state index is 0.636. The van der Waals surface area contributed by atoms with Crippen LogP contribution >= 0.6 is 0 Å². The molecule has 4 heteroatoms. The number of rotatable bonds is 3. The zero-order valence-electron chi connectivity index (χ0n) is 7.25. The standard InChI is InChI=1S/C8H14N4/c1-2-12-7(9)5-10-8(12)11-6-3-4-6/h5-6H,2-4,9H2,1H3,(H,10,11). The highest BCUT2D eigenvalue weighted by molar-refractivity contribution is 5.41. The summed E-state index contributed by atoms with van der Waals surface area (Å²) in [6.07, 6.45) is 4.22. The predicted molar refractivity (Wildman–Crippen MR) is 49.0 cm³/mol. The van der Waals surface area contributed by atoms with Crippen LogP contribution in [0.4, 0.5) is 11.8 Å². The molecule has 1 fully saturated rings. The van der Waals surface area contributed by atoms with Crippen molar-refractivity contribution in [2.45, 2.75) is 32.4 Å². The highest BCUT2D eigenvalue weighted by atomic mass is 15.2. The van der Waals surface area contributed by atoms with Gasteiger partial charge < -0.3 is 11.1 Å². The molecule has 1 saturated carbocycles. The van der Waals surface area contributed by atoms with E-state index in [2.05, 4.69) is 17.2 Å². The van der Waals surface area contributed by atoms with E-state index >= 15 is 0 Å². The van der Waals surface area contributed by atoms with Crippen LogP contribution in [-0.4, -0.2) is 15.6 Å². The Morgan fingerprint density at radius 3 is 3.08 bits per heavy atom. The van der Waals surface area contributed by atoms with Crippen molar-refractivity contribution in [3.8, 4) is 0 Å². The lowest BCUT2D eigenvalue weighted by Gasteiger charge is -2.07. The van der Waals surface area contributed by atoms with Crippen LogP contribution in [0.2, 0.25) is 0 Å². The lowest BCUT2D eigenvalue weighted by molar-refractivity contribution is 0.772. The van der Waals surface area contributed by atoms with Gasteiger partial charge in [0, 0.05) is 12.6 Å². The van der Waals surface area contributed by atoms with Crippen molar-refractivity contribution in [1.82, 2.24) is 9.55 Å². The van der Waals surface area contributed by atoms with Gasteiger partial charge in [0.2, 0.25) is 5.95 Å². The molecule has 0 amide bonds. The molecular weight excluding hydrogens is 152 g/mol. The van der Waals surface area contributed by atoms with Gasteiger partial charge in [0.1, 0.15) is 5.82 Å². The molecule has 0 aromatic carbocycles. The molecule has 1 heterocycles. The van der Waals surface area contributed by atoms with Crippen LogP contribution in [0.15, 0.2) is 6.20 Å². The summed E-state index contributed by atoms with van der Waals surface area (Å²) < 4.78 is 1.98. The summed E-state index contributed by atoms with van der Waals surface area (Å²) >= 11 is 0. The van der Waals surface area contributed by atoms with Crippen molar-refractivity contribution in [1.29, 1.82) is 0 Å². The fourth-order valence-corrected chi connectivity index (χ4v) is 1.25. The van der Waals surface area contributed by atoms with E-state index in [1.54, 1.807) is 6.20 Å². The van der Waals surface area contributed by atoms with Crippen LogP contribution in [0.3, 0.4) is 0 Å². The molecular formula is C8H14N4. The Hall–Kier alpha value is -1.19. The maximum Gasteiger partial charge on any atom is 0.204 e. The first-order valence-corrected chi connectivity index (χ1v) is 4.38. The highest BCUT2D eigenvalue weighted by Crippen LogP contribution is 2.24. The minimum atomic E-state index is 0.636. The SMILES string of the molecule is CCn1c(N)cnc1NC1CC1. The molecule has 4 nitrogen and oxygen atoms in total. The summed E-state index contributed by atoms with van der Waals surface area (Å²) in [5.74, 6) is 1.65. The maximum atomic E-state index is 5.71. The summed E-state index contributed by atoms with van der Waals surface area (Å²) in [5, 5.41) is 3.33. The molecule has 66 valence electrons. The molecule has 0 unspecified atom stereocenters. The third-order valence-electron chi connectivity index (χ3n) is 2.11. The number of aromatic nitrogens is 2. The number of imidazole rings is 1. The van der Waals surface area contributed by atoms with E-state index in [0.29, 0.717) is 6.04 Å². The zero-order chi connectivity index (χ0) is 8.55. The van der Waals surface area contributed by atoms with Crippen molar-refractivity contribution in [3.63, 3.8) is 0 Å². The molecule has 1 aliphatic rings.